The van der Waals surface area contributed by atoms with Gasteiger partial charge in [0.2, 0.25) is 0 Å². The van der Waals surface area contributed by atoms with Crippen LogP contribution in [0.25, 0.3) is 0 Å². The summed E-state index contributed by atoms with van der Waals surface area (Å²) >= 11 is 0. The van der Waals surface area contributed by atoms with Gasteiger partial charge in [0, 0.05) is 12.6 Å². The van der Waals surface area contributed by atoms with E-state index in [1.54, 1.807) is 6.07 Å². The number of rotatable bonds is 8. The number of benzene rings is 1. The second kappa shape index (κ2) is 8.12. The third-order valence-corrected chi connectivity index (χ3v) is 3.93. The van der Waals surface area contributed by atoms with Crippen LogP contribution >= 0.6 is 0 Å². The van der Waals surface area contributed by atoms with E-state index in [-0.39, 0.29) is 17.9 Å². The van der Waals surface area contributed by atoms with Gasteiger partial charge in [-0.2, -0.15) is 0 Å². The number of hydrogen-bond acceptors (Lipinski definition) is 4. The van der Waals surface area contributed by atoms with Crippen LogP contribution in [0.2, 0.25) is 0 Å². The summed E-state index contributed by atoms with van der Waals surface area (Å²) in [7, 11) is 1.54. The van der Waals surface area contributed by atoms with Crippen LogP contribution in [0.15, 0.2) is 18.2 Å². The Morgan fingerprint density at radius 1 is 1.25 bits per heavy atom. The molecule has 0 radical (unpaired) electrons. The normalized spacial score (nSPS) is 14.3. The van der Waals surface area contributed by atoms with Crippen molar-refractivity contribution in [3.63, 3.8) is 0 Å². The van der Waals surface area contributed by atoms with Gasteiger partial charge in [0.15, 0.2) is 11.5 Å². The van der Waals surface area contributed by atoms with E-state index in [1.165, 1.54) is 7.11 Å². The Morgan fingerprint density at radius 3 is 2.45 bits per heavy atom. The predicted octanol–water partition coefficient (Wildman–Crippen LogP) is 2.85. The molecular weight excluding hydrogens is 254 g/mol. The molecule has 0 spiro atoms. The molecule has 0 aliphatic carbocycles. The zero-order valence-corrected chi connectivity index (χ0v) is 12.9. The number of phenols is 1. The summed E-state index contributed by atoms with van der Waals surface area (Å²) in [5, 5.41) is 23.0. The second-order valence-corrected chi connectivity index (χ2v) is 5.21. The molecule has 0 bridgehead atoms. The molecule has 1 rings (SSSR count). The maximum atomic E-state index is 10.1. The van der Waals surface area contributed by atoms with Gasteiger partial charge >= 0.3 is 0 Å². The summed E-state index contributed by atoms with van der Waals surface area (Å²) in [5.41, 5.74) is 1.02. The van der Waals surface area contributed by atoms with E-state index in [1.807, 2.05) is 19.1 Å². The van der Waals surface area contributed by atoms with Crippen LogP contribution in [0.3, 0.4) is 0 Å². The molecule has 3 N–H and O–H groups in total. The van der Waals surface area contributed by atoms with E-state index in [0.717, 1.165) is 18.4 Å². The molecule has 20 heavy (non-hydrogen) atoms. The topological polar surface area (TPSA) is 61.7 Å². The highest BCUT2D eigenvalue weighted by atomic mass is 16.5. The fraction of sp³-hybridized carbons (Fsp3) is 0.625. The third-order valence-electron chi connectivity index (χ3n) is 3.93. The number of nitrogens with one attached hydrogen (secondary N) is 1. The molecule has 0 saturated carbocycles. The van der Waals surface area contributed by atoms with Crippen molar-refractivity contribution in [2.75, 3.05) is 13.7 Å². The van der Waals surface area contributed by atoms with Crippen LogP contribution in [0.1, 0.15) is 45.2 Å². The maximum Gasteiger partial charge on any atom is 0.160 e. The molecule has 0 heterocycles. The van der Waals surface area contributed by atoms with Gasteiger partial charge in [0.05, 0.1) is 13.2 Å². The molecule has 0 aliphatic rings. The van der Waals surface area contributed by atoms with Crippen LogP contribution in [-0.2, 0) is 0 Å². The Labute approximate surface area is 121 Å². The lowest BCUT2D eigenvalue weighted by Crippen LogP contribution is -2.33. The van der Waals surface area contributed by atoms with Crippen molar-refractivity contribution in [2.45, 2.75) is 45.8 Å². The summed E-state index contributed by atoms with van der Waals surface area (Å²) in [4.78, 5) is 0. The average Bonchev–Trinajstić information content (AvgIpc) is 2.46. The van der Waals surface area contributed by atoms with Gasteiger partial charge in [-0.25, -0.2) is 0 Å². The van der Waals surface area contributed by atoms with E-state index in [2.05, 4.69) is 19.2 Å². The standard InChI is InChI=1S/C16H27NO3/c1-5-12(6-2)15(19)10-17-11(3)13-7-8-14(18)16(9-13)20-4/h7-9,11-12,15,17-19H,5-6,10H2,1-4H3. The van der Waals surface area contributed by atoms with Crippen molar-refractivity contribution >= 4 is 0 Å². The van der Waals surface area contributed by atoms with Gasteiger partial charge in [-0.15, -0.1) is 0 Å². The predicted molar refractivity (Wildman–Crippen MR) is 81.2 cm³/mol. The number of phenolic OH excluding ortho intramolecular Hbond substituents is 1. The number of aliphatic hydroxyl groups is 1. The van der Waals surface area contributed by atoms with Crippen molar-refractivity contribution in [3.8, 4) is 11.5 Å². The monoisotopic (exact) mass is 281 g/mol. The summed E-state index contributed by atoms with van der Waals surface area (Å²) in [6.45, 7) is 6.81. The first-order chi connectivity index (χ1) is 9.53. The van der Waals surface area contributed by atoms with E-state index >= 15 is 0 Å². The zero-order chi connectivity index (χ0) is 15.1. The van der Waals surface area contributed by atoms with Gasteiger partial charge in [-0.05, 0) is 30.5 Å². The highest BCUT2D eigenvalue weighted by Gasteiger charge is 2.17. The van der Waals surface area contributed by atoms with Crippen LogP contribution in [0.5, 0.6) is 11.5 Å². The maximum absolute atomic E-state index is 10.1. The summed E-state index contributed by atoms with van der Waals surface area (Å²) in [5.74, 6) is 0.946. The minimum atomic E-state index is -0.327. The molecule has 1 aromatic rings. The van der Waals surface area contributed by atoms with Gasteiger partial charge in [0.25, 0.3) is 0 Å². The Kier molecular flexibility index (Phi) is 6.82. The molecular formula is C16H27NO3. The van der Waals surface area contributed by atoms with Crippen LogP contribution in [0.4, 0.5) is 0 Å². The van der Waals surface area contributed by atoms with Gasteiger partial charge in [-0.3, -0.25) is 0 Å². The van der Waals surface area contributed by atoms with E-state index in [9.17, 15) is 10.2 Å². The van der Waals surface area contributed by atoms with Gasteiger partial charge in [0.1, 0.15) is 0 Å². The van der Waals surface area contributed by atoms with Crippen molar-refractivity contribution in [2.24, 2.45) is 5.92 Å². The molecule has 0 fully saturated rings. The molecule has 4 heteroatoms. The smallest absolute Gasteiger partial charge is 0.160 e. The first-order valence-corrected chi connectivity index (χ1v) is 7.31. The minimum absolute atomic E-state index is 0.0912. The molecule has 114 valence electrons. The lowest BCUT2D eigenvalue weighted by molar-refractivity contribution is 0.0989. The number of methoxy groups -OCH3 is 1. The van der Waals surface area contributed by atoms with Crippen molar-refractivity contribution in [1.29, 1.82) is 0 Å². The van der Waals surface area contributed by atoms with E-state index < -0.39 is 0 Å². The molecule has 0 aromatic heterocycles. The summed E-state index contributed by atoms with van der Waals surface area (Å²) in [6.07, 6.45) is 1.65. The summed E-state index contributed by atoms with van der Waals surface area (Å²) in [6, 6.07) is 5.40. The lowest BCUT2D eigenvalue weighted by atomic mass is 9.96. The number of hydrogen-bond donors (Lipinski definition) is 3. The molecule has 0 aliphatic heterocycles. The largest absolute Gasteiger partial charge is 0.504 e. The highest BCUT2D eigenvalue weighted by Crippen LogP contribution is 2.28. The number of aromatic hydroxyl groups is 1. The molecule has 0 amide bonds. The summed E-state index contributed by atoms with van der Waals surface area (Å²) < 4.78 is 5.11. The van der Waals surface area contributed by atoms with Crippen molar-refractivity contribution < 1.29 is 14.9 Å². The average molecular weight is 281 g/mol. The molecule has 2 atom stereocenters. The number of aliphatic hydroxyl groups excluding tert-OH is 1. The van der Waals surface area contributed by atoms with E-state index in [4.69, 9.17) is 4.74 Å². The molecule has 2 unspecified atom stereocenters. The zero-order valence-electron chi connectivity index (χ0n) is 12.9. The second-order valence-electron chi connectivity index (χ2n) is 5.21. The van der Waals surface area contributed by atoms with Crippen molar-refractivity contribution in [1.82, 2.24) is 5.32 Å². The molecule has 0 saturated heterocycles. The quantitative estimate of drug-likeness (QED) is 0.685. The first-order valence-electron chi connectivity index (χ1n) is 7.31. The van der Waals surface area contributed by atoms with Gasteiger partial charge < -0.3 is 20.3 Å². The lowest BCUT2D eigenvalue weighted by Gasteiger charge is -2.23. The Hall–Kier alpha value is -1.26. The van der Waals surface area contributed by atoms with Crippen LogP contribution in [0, 0.1) is 5.92 Å². The van der Waals surface area contributed by atoms with Crippen LogP contribution < -0.4 is 10.1 Å². The Bertz CT molecular complexity index is 405. The number of ether oxygens (including phenoxy) is 1. The Morgan fingerprint density at radius 2 is 1.90 bits per heavy atom. The van der Waals surface area contributed by atoms with Crippen LogP contribution in [-0.4, -0.2) is 30.0 Å². The highest BCUT2D eigenvalue weighted by molar-refractivity contribution is 5.42. The fourth-order valence-electron chi connectivity index (χ4n) is 2.38. The minimum Gasteiger partial charge on any atom is -0.504 e. The SMILES string of the molecule is CCC(CC)C(O)CNC(C)c1ccc(O)c(OC)c1. The molecule has 4 nitrogen and oxygen atoms in total. The Balaban J connectivity index is 2.60. The van der Waals surface area contributed by atoms with E-state index in [0.29, 0.717) is 18.2 Å². The molecule has 1 aromatic carbocycles. The fourth-order valence-corrected chi connectivity index (χ4v) is 2.38. The third kappa shape index (κ3) is 4.39. The van der Waals surface area contributed by atoms with Gasteiger partial charge in [-0.1, -0.05) is 32.8 Å². The van der Waals surface area contributed by atoms with Crippen molar-refractivity contribution in [3.05, 3.63) is 23.8 Å². The first kappa shape index (κ1) is 16.8.